The van der Waals surface area contributed by atoms with E-state index in [-0.39, 0.29) is 0 Å². The Bertz CT molecular complexity index is 668. The first-order valence-electron chi connectivity index (χ1n) is 11.0. The van der Waals surface area contributed by atoms with Crippen LogP contribution >= 0.6 is 0 Å². The third kappa shape index (κ3) is 8.88. The van der Waals surface area contributed by atoms with Gasteiger partial charge in [-0.1, -0.05) is 63.1 Å². The molecule has 160 valence electrons. The van der Waals surface area contributed by atoms with Crippen LogP contribution in [0.25, 0.3) is 0 Å². The molecule has 29 heavy (non-hydrogen) atoms. The highest BCUT2D eigenvalue weighted by Gasteiger charge is 2.07. The Morgan fingerprint density at radius 1 is 0.828 bits per heavy atom. The fourth-order valence-corrected chi connectivity index (χ4v) is 3.25. The first-order chi connectivity index (χ1) is 14.3. The van der Waals surface area contributed by atoms with Gasteiger partial charge in [0.15, 0.2) is 11.5 Å². The molecule has 0 aliphatic rings. The van der Waals surface area contributed by atoms with E-state index in [2.05, 4.69) is 48.3 Å². The van der Waals surface area contributed by atoms with Gasteiger partial charge in [-0.25, -0.2) is 0 Å². The summed E-state index contributed by atoms with van der Waals surface area (Å²) in [6.45, 7) is 10.4. The molecule has 2 aromatic carbocycles. The molecule has 2 rings (SSSR count). The molecule has 0 aromatic heterocycles. The number of hydrogen-bond acceptors (Lipinski definition) is 4. The molecule has 0 spiro atoms. The zero-order valence-electron chi connectivity index (χ0n) is 18.5. The zero-order chi connectivity index (χ0) is 20.7. The molecule has 0 aliphatic heterocycles. The van der Waals surface area contributed by atoms with Crippen LogP contribution in [0.3, 0.4) is 0 Å². The fourth-order valence-electron chi connectivity index (χ4n) is 3.25. The van der Waals surface area contributed by atoms with Gasteiger partial charge in [0.25, 0.3) is 0 Å². The predicted molar refractivity (Wildman–Crippen MR) is 122 cm³/mol. The van der Waals surface area contributed by atoms with Gasteiger partial charge in [-0.2, -0.15) is 0 Å². The summed E-state index contributed by atoms with van der Waals surface area (Å²) in [6.07, 6.45) is 5.08. The van der Waals surface area contributed by atoms with Gasteiger partial charge in [0.1, 0.15) is 6.61 Å². The van der Waals surface area contributed by atoms with Crippen molar-refractivity contribution in [2.24, 2.45) is 0 Å². The molecule has 0 saturated heterocycles. The molecule has 0 fully saturated rings. The normalized spacial score (nSPS) is 11.0. The summed E-state index contributed by atoms with van der Waals surface area (Å²) in [4.78, 5) is 2.59. The zero-order valence-corrected chi connectivity index (χ0v) is 18.5. The van der Waals surface area contributed by atoms with Gasteiger partial charge >= 0.3 is 0 Å². The summed E-state index contributed by atoms with van der Waals surface area (Å²) in [6, 6.07) is 16.4. The van der Waals surface area contributed by atoms with E-state index in [1.54, 1.807) is 7.11 Å². The highest BCUT2D eigenvalue weighted by atomic mass is 16.5. The van der Waals surface area contributed by atoms with Gasteiger partial charge in [0.2, 0.25) is 0 Å². The van der Waals surface area contributed by atoms with Crippen molar-refractivity contribution >= 4 is 0 Å². The molecule has 0 bridgehead atoms. The maximum atomic E-state index is 6.03. The maximum absolute atomic E-state index is 6.03. The van der Waals surface area contributed by atoms with Gasteiger partial charge < -0.3 is 19.7 Å². The second-order valence-corrected chi connectivity index (χ2v) is 7.49. The molecular weight excluding hydrogens is 360 g/mol. The van der Waals surface area contributed by atoms with E-state index in [0.29, 0.717) is 6.61 Å². The van der Waals surface area contributed by atoms with Gasteiger partial charge in [0.05, 0.1) is 7.11 Å². The minimum atomic E-state index is 0.540. The van der Waals surface area contributed by atoms with Gasteiger partial charge in [-0.15, -0.1) is 0 Å². The molecule has 0 heterocycles. The Hall–Kier alpha value is -2.04. The molecule has 0 aliphatic carbocycles. The lowest BCUT2D eigenvalue weighted by Gasteiger charge is -2.22. The van der Waals surface area contributed by atoms with Crippen molar-refractivity contribution in [1.82, 2.24) is 10.2 Å². The summed E-state index contributed by atoms with van der Waals surface area (Å²) in [5.41, 5.74) is 2.36. The number of unbranched alkanes of at least 4 members (excludes halogenated alkanes) is 2. The van der Waals surface area contributed by atoms with Crippen molar-refractivity contribution < 1.29 is 9.47 Å². The summed E-state index contributed by atoms with van der Waals surface area (Å²) < 4.78 is 11.5. The van der Waals surface area contributed by atoms with Gasteiger partial charge in [-0.3, -0.25) is 0 Å². The highest BCUT2D eigenvalue weighted by molar-refractivity contribution is 5.43. The van der Waals surface area contributed by atoms with E-state index in [0.717, 1.165) is 36.7 Å². The maximum Gasteiger partial charge on any atom is 0.161 e. The van der Waals surface area contributed by atoms with E-state index in [1.165, 1.54) is 44.3 Å². The molecule has 4 nitrogen and oxygen atoms in total. The second-order valence-electron chi connectivity index (χ2n) is 7.49. The van der Waals surface area contributed by atoms with Crippen molar-refractivity contribution in [1.29, 1.82) is 0 Å². The average molecular weight is 399 g/mol. The number of rotatable bonds is 15. The third-order valence-electron chi connectivity index (χ3n) is 5.05. The average Bonchev–Trinajstić information content (AvgIpc) is 2.77. The molecule has 0 radical (unpaired) electrons. The Morgan fingerprint density at radius 3 is 2.21 bits per heavy atom. The lowest BCUT2D eigenvalue weighted by Crippen LogP contribution is -2.33. The number of nitrogens with one attached hydrogen (secondary N) is 1. The van der Waals surface area contributed by atoms with Crippen LogP contribution in [0, 0.1) is 0 Å². The molecule has 0 amide bonds. The molecule has 0 unspecified atom stereocenters. The number of ether oxygens (including phenoxy) is 2. The van der Waals surface area contributed by atoms with Crippen molar-refractivity contribution in [2.75, 3.05) is 33.3 Å². The summed E-state index contributed by atoms with van der Waals surface area (Å²) in [5.74, 6) is 1.57. The SMILES string of the molecule is CCCCN(CCCC)CCNCc1ccc(OC)c(OCc2ccccc2)c1. The first-order valence-corrected chi connectivity index (χ1v) is 11.0. The summed E-state index contributed by atoms with van der Waals surface area (Å²) >= 11 is 0. The smallest absolute Gasteiger partial charge is 0.161 e. The van der Waals surface area contributed by atoms with Crippen molar-refractivity contribution in [3.8, 4) is 11.5 Å². The molecule has 0 saturated carbocycles. The van der Waals surface area contributed by atoms with Crippen molar-refractivity contribution in [2.45, 2.75) is 52.7 Å². The number of methoxy groups -OCH3 is 1. The number of benzene rings is 2. The highest BCUT2D eigenvalue weighted by Crippen LogP contribution is 2.28. The topological polar surface area (TPSA) is 33.7 Å². The standard InChI is InChI=1S/C25H38N2O2/c1-4-6-16-27(17-7-5-2)18-15-26-20-23-13-14-24(28-3)25(19-23)29-21-22-11-9-8-10-12-22/h8-14,19,26H,4-7,15-18,20-21H2,1-3H3. The Labute approximate surface area is 177 Å². The monoisotopic (exact) mass is 398 g/mol. The Morgan fingerprint density at radius 2 is 1.55 bits per heavy atom. The fraction of sp³-hybridized carbons (Fsp3) is 0.520. The largest absolute Gasteiger partial charge is 0.493 e. The van der Waals surface area contributed by atoms with Crippen LogP contribution in [0.5, 0.6) is 11.5 Å². The van der Waals surface area contributed by atoms with Crippen LogP contribution in [-0.4, -0.2) is 38.2 Å². The van der Waals surface area contributed by atoms with Crippen LogP contribution in [0.2, 0.25) is 0 Å². The lowest BCUT2D eigenvalue weighted by atomic mass is 10.2. The van der Waals surface area contributed by atoms with E-state index >= 15 is 0 Å². The Balaban J connectivity index is 1.83. The van der Waals surface area contributed by atoms with Crippen LogP contribution < -0.4 is 14.8 Å². The molecule has 2 aromatic rings. The minimum Gasteiger partial charge on any atom is -0.493 e. The molecule has 0 atom stereocenters. The van der Waals surface area contributed by atoms with Crippen molar-refractivity contribution in [3.63, 3.8) is 0 Å². The summed E-state index contributed by atoms with van der Waals surface area (Å²) in [5, 5.41) is 3.59. The van der Waals surface area contributed by atoms with Gasteiger partial charge in [-0.05, 0) is 49.2 Å². The molecule has 4 heteroatoms. The lowest BCUT2D eigenvalue weighted by molar-refractivity contribution is 0.264. The van der Waals surface area contributed by atoms with Crippen molar-refractivity contribution in [3.05, 3.63) is 59.7 Å². The van der Waals surface area contributed by atoms with E-state index in [9.17, 15) is 0 Å². The summed E-state index contributed by atoms with van der Waals surface area (Å²) in [7, 11) is 1.68. The second kappa shape index (κ2) is 14.0. The molecular formula is C25H38N2O2. The van der Waals surface area contributed by atoms with Crippen LogP contribution in [-0.2, 0) is 13.2 Å². The number of nitrogens with zero attached hydrogens (tertiary/aromatic N) is 1. The Kier molecular flexibility index (Phi) is 11.2. The van der Waals surface area contributed by atoms with E-state index < -0.39 is 0 Å². The minimum absolute atomic E-state index is 0.540. The van der Waals surface area contributed by atoms with E-state index in [4.69, 9.17) is 9.47 Å². The predicted octanol–water partition coefficient (Wildman–Crippen LogP) is 5.27. The quantitative estimate of drug-likeness (QED) is 0.415. The van der Waals surface area contributed by atoms with Crippen LogP contribution in [0.4, 0.5) is 0 Å². The first kappa shape index (κ1) is 23.2. The molecule has 1 N–H and O–H groups in total. The van der Waals surface area contributed by atoms with E-state index in [1.807, 2.05) is 24.3 Å². The third-order valence-corrected chi connectivity index (χ3v) is 5.05. The number of hydrogen-bond donors (Lipinski definition) is 1. The van der Waals surface area contributed by atoms with Crippen LogP contribution in [0.15, 0.2) is 48.5 Å². The van der Waals surface area contributed by atoms with Gasteiger partial charge in [0, 0.05) is 19.6 Å². The van der Waals surface area contributed by atoms with Crippen LogP contribution in [0.1, 0.15) is 50.7 Å².